The van der Waals surface area contributed by atoms with Gasteiger partial charge in [-0.05, 0) is 28.0 Å². The molecule has 5 heteroatoms. The maximum atomic E-state index is 12.7. The Morgan fingerprint density at radius 1 is 0.893 bits per heavy atom. The van der Waals surface area contributed by atoms with Crippen LogP contribution in [0.5, 0.6) is 0 Å². The van der Waals surface area contributed by atoms with Crippen molar-refractivity contribution in [3.63, 3.8) is 0 Å². The first-order chi connectivity index (χ1) is 13.1. The topological polar surface area (TPSA) is 84.2 Å². The third-order valence-corrected chi connectivity index (χ3v) is 4.79. The molecule has 0 aliphatic carbocycles. The number of imide groups is 1. The fourth-order valence-corrected chi connectivity index (χ4v) is 3.21. The average molecular weight is 382 g/mol. The van der Waals surface area contributed by atoms with Gasteiger partial charge in [0.1, 0.15) is 6.04 Å². The summed E-state index contributed by atoms with van der Waals surface area (Å²) in [5.41, 5.74) is 8.37. The van der Waals surface area contributed by atoms with Crippen LogP contribution in [0.3, 0.4) is 0 Å². The van der Waals surface area contributed by atoms with Gasteiger partial charge in [-0.1, -0.05) is 89.2 Å². The van der Waals surface area contributed by atoms with Crippen LogP contribution in [0.1, 0.15) is 63.4 Å². The van der Waals surface area contributed by atoms with E-state index < -0.39 is 18.0 Å². The minimum absolute atomic E-state index is 0.0714. The molecule has 4 N–H and O–H groups in total. The van der Waals surface area contributed by atoms with E-state index in [1.54, 1.807) is 0 Å². The lowest BCUT2D eigenvalue weighted by Crippen LogP contribution is -2.44. The van der Waals surface area contributed by atoms with Crippen molar-refractivity contribution in [1.82, 2.24) is 10.6 Å². The summed E-state index contributed by atoms with van der Waals surface area (Å²) in [6, 6.07) is 16.2. The van der Waals surface area contributed by atoms with E-state index in [1.807, 2.05) is 30.3 Å². The molecule has 0 spiro atoms. The Balaban J connectivity index is 2.35. The van der Waals surface area contributed by atoms with E-state index in [0.29, 0.717) is 0 Å². The van der Waals surface area contributed by atoms with Crippen LogP contribution in [0.2, 0.25) is 0 Å². The summed E-state index contributed by atoms with van der Waals surface area (Å²) in [6.45, 7) is 10.7. The zero-order valence-electron chi connectivity index (χ0n) is 17.3. The van der Waals surface area contributed by atoms with E-state index in [1.165, 1.54) is 5.56 Å². The molecule has 150 valence electrons. The second-order valence-electron chi connectivity index (χ2n) is 8.46. The fourth-order valence-electron chi connectivity index (χ4n) is 3.21. The summed E-state index contributed by atoms with van der Waals surface area (Å²) < 4.78 is 0. The molecule has 0 heterocycles. The Morgan fingerprint density at radius 2 is 1.46 bits per heavy atom. The van der Waals surface area contributed by atoms with Crippen molar-refractivity contribution in [3.05, 3.63) is 71.3 Å². The molecular weight excluding hydrogens is 350 g/mol. The quantitative estimate of drug-likeness (QED) is 0.701. The van der Waals surface area contributed by atoms with Crippen molar-refractivity contribution >= 4 is 11.9 Å². The number of carbonyl (C=O) groups is 2. The summed E-state index contributed by atoms with van der Waals surface area (Å²) in [5, 5.41) is 5.63. The molecule has 0 unspecified atom stereocenters. The molecule has 0 saturated carbocycles. The molecule has 3 amide bonds. The van der Waals surface area contributed by atoms with E-state index in [-0.39, 0.29) is 17.4 Å². The standard InChI is InChI=1S/C23H31N3O2/c1-15(2)19(17-11-13-18(14-12-17)23(3,4)5)25-20(21(27)26-22(24)28)16-9-7-6-8-10-16/h6-15,19-20,25H,1-5H3,(H3,24,26,27,28)/t19-,20+/m1/s1. The molecule has 0 saturated heterocycles. The highest BCUT2D eigenvalue weighted by atomic mass is 16.2. The molecule has 0 fully saturated rings. The second kappa shape index (κ2) is 9.02. The van der Waals surface area contributed by atoms with Crippen LogP contribution in [0.15, 0.2) is 54.6 Å². The second-order valence-corrected chi connectivity index (χ2v) is 8.46. The minimum Gasteiger partial charge on any atom is -0.351 e. The number of amides is 3. The van der Waals surface area contributed by atoms with Crippen molar-refractivity contribution in [3.8, 4) is 0 Å². The SMILES string of the molecule is CC(C)[C@@H](N[C@H](C(=O)NC(N)=O)c1ccccc1)c1ccc(C(C)(C)C)cc1. The fraction of sp³-hybridized carbons (Fsp3) is 0.391. The highest BCUT2D eigenvalue weighted by molar-refractivity contribution is 5.96. The Hall–Kier alpha value is -2.66. The molecule has 0 aromatic heterocycles. The van der Waals surface area contributed by atoms with E-state index in [4.69, 9.17) is 5.73 Å². The lowest BCUT2D eigenvalue weighted by atomic mass is 9.85. The number of primary amides is 1. The number of benzene rings is 2. The zero-order valence-corrected chi connectivity index (χ0v) is 17.3. The van der Waals surface area contributed by atoms with E-state index in [2.05, 4.69) is 69.5 Å². The van der Waals surface area contributed by atoms with Crippen LogP contribution in [0.25, 0.3) is 0 Å². The van der Waals surface area contributed by atoms with Crippen LogP contribution in [0.4, 0.5) is 4.79 Å². The van der Waals surface area contributed by atoms with Gasteiger partial charge >= 0.3 is 6.03 Å². The average Bonchev–Trinajstić information content (AvgIpc) is 2.61. The van der Waals surface area contributed by atoms with Crippen molar-refractivity contribution < 1.29 is 9.59 Å². The molecule has 0 radical (unpaired) electrons. The van der Waals surface area contributed by atoms with Crippen molar-refractivity contribution in [1.29, 1.82) is 0 Å². The number of urea groups is 1. The summed E-state index contributed by atoms with van der Waals surface area (Å²) in [7, 11) is 0. The summed E-state index contributed by atoms with van der Waals surface area (Å²) >= 11 is 0. The van der Waals surface area contributed by atoms with Gasteiger partial charge in [0.2, 0.25) is 5.91 Å². The van der Waals surface area contributed by atoms with Crippen molar-refractivity contribution in [2.24, 2.45) is 11.7 Å². The van der Waals surface area contributed by atoms with Crippen LogP contribution in [-0.2, 0) is 10.2 Å². The largest absolute Gasteiger partial charge is 0.351 e. The first-order valence-electron chi connectivity index (χ1n) is 9.61. The number of hydrogen-bond donors (Lipinski definition) is 3. The minimum atomic E-state index is -0.858. The molecule has 5 nitrogen and oxygen atoms in total. The van der Waals surface area contributed by atoms with Gasteiger partial charge < -0.3 is 5.73 Å². The third-order valence-electron chi connectivity index (χ3n) is 4.79. The van der Waals surface area contributed by atoms with Gasteiger partial charge in [-0.3, -0.25) is 15.4 Å². The molecular formula is C23H31N3O2. The Bertz CT molecular complexity index is 793. The van der Waals surface area contributed by atoms with E-state index in [9.17, 15) is 9.59 Å². The lowest BCUT2D eigenvalue weighted by Gasteiger charge is -2.29. The van der Waals surface area contributed by atoms with E-state index in [0.717, 1.165) is 11.1 Å². The first kappa shape index (κ1) is 21.6. The Labute approximate surface area is 167 Å². The monoisotopic (exact) mass is 381 g/mol. The van der Waals surface area contributed by atoms with Gasteiger partial charge in [-0.2, -0.15) is 0 Å². The number of rotatable bonds is 6. The van der Waals surface area contributed by atoms with Gasteiger partial charge in [0, 0.05) is 6.04 Å². The number of hydrogen-bond acceptors (Lipinski definition) is 3. The molecule has 2 aromatic carbocycles. The Morgan fingerprint density at radius 3 is 1.93 bits per heavy atom. The molecule has 28 heavy (non-hydrogen) atoms. The van der Waals surface area contributed by atoms with Crippen LogP contribution >= 0.6 is 0 Å². The number of nitrogens with two attached hydrogens (primary N) is 1. The molecule has 2 atom stereocenters. The van der Waals surface area contributed by atoms with Gasteiger partial charge in [0.25, 0.3) is 0 Å². The number of nitrogens with one attached hydrogen (secondary N) is 2. The summed E-state index contributed by atoms with van der Waals surface area (Å²) in [4.78, 5) is 23.9. The van der Waals surface area contributed by atoms with E-state index >= 15 is 0 Å². The smallest absolute Gasteiger partial charge is 0.318 e. The third kappa shape index (κ3) is 5.67. The normalized spacial score (nSPS) is 13.8. The maximum absolute atomic E-state index is 12.7. The van der Waals surface area contributed by atoms with Gasteiger partial charge in [0.05, 0.1) is 0 Å². The van der Waals surface area contributed by atoms with Gasteiger partial charge in [-0.15, -0.1) is 0 Å². The molecule has 0 bridgehead atoms. The Kier molecular flexibility index (Phi) is 6.97. The van der Waals surface area contributed by atoms with Crippen molar-refractivity contribution in [2.75, 3.05) is 0 Å². The van der Waals surface area contributed by atoms with Crippen LogP contribution < -0.4 is 16.4 Å². The zero-order chi connectivity index (χ0) is 20.9. The van der Waals surface area contributed by atoms with Crippen molar-refractivity contribution in [2.45, 2.75) is 52.1 Å². The highest BCUT2D eigenvalue weighted by Gasteiger charge is 2.27. The summed E-state index contributed by atoms with van der Waals surface area (Å²) in [5.74, 6) is -0.233. The summed E-state index contributed by atoms with van der Waals surface area (Å²) in [6.07, 6.45) is 0. The highest BCUT2D eigenvalue weighted by Crippen LogP contribution is 2.29. The predicted molar refractivity (Wildman–Crippen MR) is 113 cm³/mol. The first-order valence-corrected chi connectivity index (χ1v) is 9.61. The molecule has 0 aliphatic heterocycles. The predicted octanol–water partition coefficient (Wildman–Crippen LogP) is 4.21. The van der Waals surface area contributed by atoms with Gasteiger partial charge in [0.15, 0.2) is 0 Å². The molecule has 2 rings (SSSR count). The number of carbonyl (C=O) groups excluding carboxylic acids is 2. The molecule has 0 aliphatic rings. The van der Waals surface area contributed by atoms with Gasteiger partial charge in [-0.25, -0.2) is 4.79 Å². The lowest BCUT2D eigenvalue weighted by molar-refractivity contribution is -0.122. The van der Waals surface area contributed by atoms with Crippen LogP contribution in [0, 0.1) is 5.92 Å². The maximum Gasteiger partial charge on any atom is 0.318 e. The molecule has 2 aromatic rings. The van der Waals surface area contributed by atoms with Crippen LogP contribution in [-0.4, -0.2) is 11.9 Å².